The first-order chi connectivity index (χ1) is 38.2. The number of carbonyl (C=O) groups is 2. The van der Waals surface area contributed by atoms with E-state index in [0.717, 1.165) is 57.8 Å². The smallest absolute Gasteiger partial charge is 0.305 e. The van der Waals surface area contributed by atoms with Crippen molar-refractivity contribution in [3.63, 3.8) is 0 Å². The Morgan fingerprint density at radius 1 is 0.462 bits per heavy atom. The molecule has 1 amide bonds. The molecule has 1 aliphatic heterocycles. The van der Waals surface area contributed by atoms with Gasteiger partial charge in [-0.1, -0.05) is 282 Å². The zero-order chi connectivity index (χ0) is 56.6. The number of ether oxygens (including phenoxy) is 3. The number of allylic oxidation sites excluding steroid dienone is 3. The fourth-order valence-electron chi connectivity index (χ4n) is 10.7. The monoisotopic (exact) mass is 1110 g/mol. The van der Waals surface area contributed by atoms with Crippen LogP contribution in [0.25, 0.3) is 0 Å². The Hall–Kier alpha value is -1.86. The minimum Gasteiger partial charge on any atom is -0.466 e. The maximum atomic E-state index is 13.0. The summed E-state index contributed by atoms with van der Waals surface area (Å²) in [7, 11) is 0. The van der Waals surface area contributed by atoms with Gasteiger partial charge in [-0.05, 0) is 57.8 Å². The number of carbonyl (C=O) groups excluding carboxylic acids is 2. The molecule has 1 fully saturated rings. The summed E-state index contributed by atoms with van der Waals surface area (Å²) in [5.74, 6) is -0.178. The van der Waals surface area contributed by atoms with Gasteiger partial charge in [0.25, 0.3) is 0 Å². The summed E-state index contributed by atoms with van der Waals surface area (Å²) in [6.07, 6.45) is 60.3. The van der Waals surface area contributed by atoms with Crippen molar-refractivity contribution in [3.05, 3.63) is 24.3 Å². The Kier molecular flexibility index (Phi) is 54.2. The average molecular weight is 1110 g/mol. The van der Waals surface area contributed by atoms with Crippen LogP contribution < -0.4 is 5.32 Å². The summed E-state index contributed by atoms with van der Waals surface area (Å²) in [5.41, 5.74) is 0. The first kappa shape index (κ1) is 74.2. The van der Waals surface area contributed by atoms with Gasteiger partial charge in [0, 0.05) is 12.8 Å². The Morgan fingerprint density at radius 2 is 0.821 bits per heavy atom. The molecule has 0 aromatic carbocycles. The highest BCUT2D eigenvalue weighted by Crippen LogP contribution is 2.23. The molecular formula is C67H127NO10. The van der Waals surface area contributed by atoms with Gasteiger partial charge in [-0.3, -0.25) is 9.59 Å². The second-order valence-corrected chi connectivity index (χ2v) is 23.5. The number of aliphatic hydroxyl groups excluding tert-OH is 5. The second kappa shape index (κ2) is 57.0. The highest BCUT2D eigenvalue weighted by molar-refractivity contribution is 5.76. The molecule has 78 heavy (non-hydrogen) atoms. The van der Waals surface area contributed by atoms with E-state index in [1.807, 2.05) is 6.08 Å². The fraction of sp³-hybridized carbons (Fsp3) is 0.910. The summed E-state index contributed by atoms with van der Waals surface area (Å²) in [4.78, 5) is 25.0. The highest BCUT2D eigenvalue weighted by atomic mass is 16.7. The molecule has 7 unspecified atom stereocenters. The number of rotatable bonds is 59. The number of nitrogens with one attached hydrogen (secondary N) is 1. The van der Waals surface area contributed by atoms with Crippen molar-refractivity contribution in [2.75, 3.05) is 19.8 Å². The van der Waals surface area contributed by atoms with E-state index in [1.165, 1.54) is 244 Å². The number of hydrogen-bond acceptors (Lipinski definition) is 10. The minimum atomic E-state index is -1.57. The van der Waals surface area contributed by atoms with Crippen LogP contribution in [0.15, 0.2) is 24.3 Å². The highest BCUT2D eigenvalue weighted by Gasteiger charge is 2.44. The topological polar surface area (TPSA) is 175 Å². The van der Waals surface area contributed by atoms with E-state index in [0.29, 0.717) is 19.4 Å². The second-order valence-electron chi connectivity index (χ2n) is 23.5. The van der Waals surface area contributed by atoms with Crippen LogP contribution in [0.5, 0.6) is 0 Å². The molecule has 460 valence electrons. The van der Waals surface area contributed by atoms with E-state index in [-0.39, 0.29) is 18.5 Å². The molecule has 1 heterocycles. The number of aliphatic hydroxyl groups is 5. The van der Waals surface area contributed by atoms with Gasteiger partial charge in [0.15, 0.2) is 6.29 Å². The van der Waals surface area contributed by atoms with Crippen LogP contribution in [0, 0.1) is 0 Å². The van der Waals surface area contributed by atoms with Gasteiger partial charge in [-0.15, -0.1) is 0 Å². The molecule has 0 aromatic rings. The lowest BCUT2D eigenvalue weighted by Gasteiger charge is -2.40. The predicted molar refractivity (Wildman–Crippen MR) is 324 cm³/mol. The lowest BCUT2D eigenvalue weighted by atomic mass is 9.99. The van der Waals surface area contributed by atoms with Crippen LogP contribution in [0.2, 0.25) is 0 Å². The third-order valence-corrected chi connectivity index (χ3v) is 16.1. The van der Waals surface area contributed by atoms with E-state index in [2.05, 4.69) is 31.3 Å². The molecule has 0 aliphatic carbocycles. The zero-order valence-electron chi connectivity index (χ0n) is 50.9. The third-order valence-electron chi connectivity index (χ3n) is 16.1. The lowest BCUT2D eigenvalue weighted by Crippen LogP contribution is -2.60. The summed E-state index contributed by atoms with van der Waals surface area (Å²) in [6, 6.07) is -0.805. The molecule has 1 saturated heterocycles. The van der Waals surface area contributed by atoms with Crippen LogP contribution in [0.4, 0.5) is 0 Å². The maximum absolute atomic E-state index is 13.0. The van der Waals surface area contributed by atoms with Crippen LogP contribution in [-0.2, 0) is 23.8 Å². The van der Waals surface area contributed by atoms with Crippen LogP contribution >= 0.6 is 0 Å². The number of esters is 1. The van der Waals surface area contributed by atoms with Gasteiger partial charge in [0.1, 0.15) is 24.4 Å². The van der Waals surface area contributed by atoms with E-state index in [9.17, 15) is 35.1 Å². The molecule has 0 saturated carbocycles. The van der Waals surface area contributed by atoms with E-state index in [1.54, 1.807) is 6.08 Å². The maximum Gasteiger partial charge on any atom is 0.305 e. The predicted octanol–water partition coefficient (Wildman–Crippen LogP) is 16.5. The summed E-state index contributed by atoms with van der Waals surface area (Å²) in [5, 5.41) is 54.3. The van der Waals surface area contributed by atoms with Gasteiger partial charge in [0.2, 0.25) is 5.91 Å². The minimum absolute atomic E-state index is 0.000866. The zero-order valence-corrected chi connectivity index (χ0v) is 50.9. The van der Waals surface area contributed by atoms with Crippen LogP contribution in [0.3, 0.4) is 0 Å². The Balaban J connectivity index is 1.92. The summed E-state index contributed by atoms with van der Waals surface area (Å²) in [6.45, 7) is 4.32. The molecule has 7 atom stereocenters. The molecule has 0 spiro atoms. The SMILES string of the molecule is CCCCC/C=C\CCCCCCCC(=O)OCCCCCCCCCCCCCCCCCCCCCCCCCCCCCCCC(=O)NC(COC1OC(CO)C(O)C(O)C1O)C(O)/C=C/CCCCCCCCC. The molecule has 0 bridgehead atoms. The van der Waals surface area contributed by atoms with Crippen LogP contribution in [-0.4, -0.2) is 100 Å². The molecular weight excluding hydrogens is 979 g/mol. The molecule has 6 N–H and O–H groups in total. The van der Waals surface area contributed by atoms with Crippen molar-refractivity contribution in [1.29, 1.82) is 0 Å². The van der Waals surface area contributed by atoms with Gasteiger partial charge in [-0.2, -0.15) is 0 Å². The van der Waals surface area contributed by atoms with Gasteiger partial charge < -0.3 is 45.1 Å². The molecule has 11 nitrogen and oxygen atoms in total. The third kappa shape index (κ3) is 45.7. The van der Waals surface area contributed by atoms with E-state index < -0.39 is 49.5 Å². The van der Waals surface area contributed by atoms with E-state index in [4.69, 9.17) is 14.2 Å². The molecule has 1 aliphatic rings. The average Bonchev–Trinajstić information content (AvgIpc) is 3.45. The van der Waals surface area contributed by atoms with Crippen molar-refractivity contribution in [1.82, 2.24) is 5.32 Å². The van der Waals surface area contributed by atoms with Crippen molar-refractivity contribution >= 4 is 11.9 Å². The standard InChI is InChI=1S/C67H127NO10/c1-3-5-7-9-11-13-14-35-39-43-47-51-55-63(72)76-56-52-48-44-40-36-33-31-29-27-25-23-21-19-17-15-16-18-20-22-24-26-28-30-32-34-38-42-46-50-54-62(71)68-59(60(70)53-49-45-41-37-12-10-8-6-4-2)58-77-67-66(75)65(74)64(73)61(57-69)78-67/h11,13,49,53,59-61,64-67,69-70,73-75H,3-10,12,14-48,50-52,54-58H2,1-2H3,(H,68,71)/b13-11-,53-49+. The molecule has 0 radical (unpaired) electrons. The first-order valence-corrected chi connectivity index (χ1v) is 33.6. The summed E-state index contributed by atoms with van der Waals surface area (Å²) >= 11 is 0. The number of unbranched alkanes of at least 4 members (excludes halogenated alkanes) is 43. The van der Waals surface area contributed by atoms with Crippen molar-refractivity contribution in [3.8, 4) is 0 Å². The van der Waals surface area contributed by atoms with Gasteiger partial charge >= 0.3 is 5.97 Å². The van der Waals surface area contributed by atoms with Crippen molar-refractivity contribution in [2.24, 2.45) is 0 Å². The van der Waals surface area contributed by atoms with Crippen molar-refractivity contribution < 1.29 is 49.3 Å². The Morgan fingerprint density at radius 3 is 1.26 bits per heavy atom. The number of hydrogen-bond donors (Lipinski definition) is 6. The normalized spacial score (nSPS) is 18.6. The summed E-state index contributed by atoms with van der Waals surface area (Å²) < 4.78 is 16.7. The first-order valence-electron chi connectivity index (χ1n) is 33.6. The number of amides is 1. The van der Waals surface area contributed by atoms with Gasteiger partial charge in [-0.25, -0.2) is 0 Å². The lowest BCUT2D eigenvalue weighted by molar-refractivity contribution is -0.302. The van der Waals surface area contributed by atoms with Gasteiger partial charge in [0.05, 0.1) is 32.0 Å². The fourth-order valence-corrected chi connectivity index (χ4v) is 10.7. The largest absolute Gasteiger partial charge is 0.466 e. The Bertz CT molecular complexity index is 1350. The Labute approximate surface area is 480 Å². The van der Waals surface area contributed by atoms with Crippen LogP contribution in [0.1, 0.15) is 328 Å². The quantitative estimate of drug-likeness (QED) is 0.0195. The molecule has 1 rings (SSSR count). The van der Waals surface area contributed by atoms with Crippen molar-refractivity contribution in [2.45, 2.75) is 371 Å². The molecule has 0 aromatic heterocycles. The van der Waals surface area contributed by atoms with E-state index >= 15 is 0 Å². The molecule has 11 heteroatoms.